The van der Waals surface area contributed by atoms with E-state index < -0.39 is 42.4 Å². The Hall–Kier alpha value is -2.42. The summed E-state index contributed by atoms with van der Waals surface area (Å²) in [5.41, 5.74) is -0.524. The fourth-order valence-corrected chi connectivity index (χ4v) is 6.41. The number of nitrogens with one attached hydrogen (secondary N) is 1. The van der Waals surface area contributed by atoms with E-state index >= 15 is 0 Å². The van der Waals surface area contributed by atoms with Crippen molar-refractivity contribution in [2.24, 2.45) is 17.8 Å². The standard InChI is InChI=1S/C28H37F3N4O2/c1-15(2)9-18-11-19(12-18)24-33-34-25(35(24)20-6-7-20)21-13-27(37,28(29,30)31)14-22(21)26(36)32-23-8-5-16(3)10-17(23)4/h5,8,10,15,18-22,37H,6-7,9,11-14H2,1-4H3,(H,32,36)/t18-,19+,21-,22-,27?/m0/s1. The number of rotatable bonds is 7. The zero-order valence-electron chi connectivity index (χ0n) is 22.0. The van der Waals surface area contributed by atoms with Gasteiger partial charge in [-0.1, -0.05) is 31.5 Å². The summed E-state index contributed by atoms with van der Waals surface area (Å²) < 4.78 is 44.0. The molecule has 0 radical (unpaired) electrons. The molecular weight excluding hydrogens is 481 g/mol. The third-order valence-corrected chi connectivity index (χ3v) is 8.50. The highest BCUT2D eigenvalue weighted by Crippen LogP contribution is 2.54. The lowest BCUT2D eigenvalue weighted by atomic mass is 9.71. The van der Waals surface area contributed by atoms with Crippen LogP contribution in [0, 0.1) is 31.6 Å². The van der Waals surface area contributed by atoms with Gasteiger partial charge in [0.1, 0.15) is 11.6 Å². The van der Waals surface area contributed by atoms with Gasteiger partial charge in [-0.15, -0.1) is 10.2 Å². The zero-order chi connectivity index (χ0) is 26.7. The summed E-state index contributed by atoms with van der Waals surface area (Å²) in [5.74, 6) is 0.302. The molecule has 1 amide bonds. The Bertz CT molecular complexity index is 1170. The Balaban J connectivity index is 1.45. The van der Waals surface area contributed by atoms with Crippen LogP contribution in [0.5, 0.6) is 0 Å². The molecule has 0 spiro atoms. The van der Waals surface area contributed by atoms with Crippen LogP contribution in [-0.4, -0.2) is 37.6 Å². The fourth-order valence-electron chi connectivity index (χ4n) is 6.41. The maximum absolute atomic E-state index is 14.0. The molecule has 5 rings (SSSR count). The van der Waals surface area contributed by atoms with E-state index in [2.05, 4.69) is 29.4 Å². The largest absolute Gasteiger partial charge is 0.417 e. The lowest BCUT2D eigenvalue weighted by molar-refractivity contribution is -0.258. The van der Waals surface area contributed by atoms with Crippen molar-refractivity contribution < 1.29 is 23.1 Å². The molecule has 9 heteroatoms. The highest BCUT2D eigenvalue weighted by atomic mass is 19.4. The molecule has 1 unspecified atom stereocenters. The van der Waals surface area contributed by atoms with E-state index in [0.717, 1.165) is 49.1 Å². The molecule has 0 bridgehead atoms. The van der Waals surface area contributed by atoms with Gasteiger partial charge >= 0.3 is 6.18 Å². The van der Waals surface area contributed by atoms with Crippen molar-refractivity contribution >= 4 is 11.6 Å². The van der Waals surface area contributed by atoms with Crippen molar-refractivity contribution in [3.05, 3.63) is 41.0 Å². The minimum Gasteiger partial charge on any atom is -0.380 e. The van der Waals surface area contributed by atoms with Crippen molar-refractivity contribution in [1.82, 2.24) is 14.8 Å². The molecule has 1 heterocycles. The smallest absolute Gasteiger partial charge is 0.380 e. The van der Waals surface area contributed by atoms with Gasteiger partial charge < -0.3 is 15.0 Å². The highest BCUT2D eigenvalue weighted by molar-refractivity contribution is 5.94. The predicted molar refractivity (Wildman–Crippen MR) is 134 cm³/mol. The second-order valence-corrected chi connectivity index (χ2v) is 12.1. The van der Waals surface area contributed by atoms with Crippen LogP contribution in [0.4, 0.5) is 18.9 Å². The second-order valence-electron chi connectivity index (χ2n) is 12.1. The molecule has 1 aromatic carbocycles. The lowest BCUT2D eigenvalue weighted by Gasteiger charge is -2.36. The number of anilines is 1. The van der Waals surface area contributed by atoms with E-state index in [1.165, 1.54) is 0 Å². The summed E-state index contributed by atoms with van der Waals surface area (Å²) in [6, 6.07) is 5.68. The zero-order valence-corrected chi connectivity index (χ0v) is 22.0. The molecule has 2 aromatic rings. The minimum atomic E-state index is -4.84. The quantitative estimate of drug-likeness (QED) is 0.458. The summed E-state index contributed by atoms with van der Waals surface area (Å²) in [7, 11) is 0. The summed E-state index contributed by atoms with van der Waals surface area (Å²) in [5, 5.41) is 22.5. The molecule has 6 nitrogen and oxygen atoms in total. The Morgan fingerprint density at radius 3 is 2.43 bits per heavy atom. The van der Waals surface area contributed by atoms with Crippen LogP contribution in [0.25, 0.3) is 0 Å². The van der Waals surface area contributed by atoms with Gasteiger partial charge in [-0.25, -0.2) is 0 Å². The van der Waals surface area contributed by atoms with Crippen molar-refractivity contribution in [3.63, 3.8) is 0 Å². The van der Waals surface area contributed by atoms with Crippen molar-refractivity contribution in [2.75, 3.05) is 5.32 Å². The fraction of sp³-hybridized carbons (Fsp3) is 0.679. The molecule has 1 aromatic heterocycles. The maximum atomic E-state index is 14.0. The van der Waals surface area contributed by atoms with Crippen LogP contribution in [0.2, 0.25) is 0 Å². The number of nitrogens with zero attached hydrogens (tertiary/aromatic N) is 3. The summed E-state index contributed by atoms with van der Waals surface area (Å²) in [4.78, 5) is 13.5. The van der Waals surface area contributed by atoms with Crippen LogP contribution < -0.4 is 5.32 Å². The molecule has 3 aliphatic carbocycles. The van der Waals surface area contributed by atoms with E-state index in [9.17, 15) is 23.1 Å². The van der Waals surface area contributed by atoms with E-state index in [0.29, 0.717) is 23.3 Å². The van der Waals surface area contributed by atoms with Gasteiger partial charge in [0.05, 0.1) is 5.92 Å². The number of hydrogen-bond acceptors (Lipinski definition) is 4. The van der Waals surface area contributed by atoms with Crippen molar-refractivity contribution in [3.8, 4) is 0 Å². The molecular formula is C28H37F3N4O2. The number of carbonyl (C=O) groups excluding carboxylic acids is 1. The van der Waals surface area contributed by atoms with Gasteiger partial charge in [-0.2, -0.15) is 13.2 Å². The normalized spacial score (nSPS) is 30.0. The van der Waals surface area contributed by atoms with Crippen LogP contribution >= 0.6 is 0 Å². The number of aliphatic hydroxyl groups is 1. The Morgan fingerprint density at radius 1 is 1.16 bits per heavy atom. The number of carbonyl (C=O) groups is 1. The lowest BCUT2D eigenvalue weighted by Crippen LogP contribution is -2.43. The SMILES string of the molecule is Cc1ccc(NC(=O)[C@H]2CC(O)(C(F)(F)F)C[C@@H]2c2nnc([C@H]3C[C@@H](CC(C)C)C3)n2C2CC2)c(C)c1. The van der Waals surface area contributed by atoms with E-state index in [1.54, 1.807) is 6.07 Å². The summed E-state index contributed by atoms with van der Waals surface area (Å²) in [6.45, 7) is 8.21. The number of aromatic nitrogens is 3. The Labute approximate surface area is 216 Å². The molecule has 0 saturated heterocycles. The number of alkyl halides is 3. The van der Waals surface area contributed by atoms with Gasteiger partial charge in [0.25, 0.3) is 0 Å². The van der Waals surface area contributed by atoms with Gasteiger partial charge in [-0.3, -0.25) is 4.79 Å². The number of aryl methyl sites for hydroxylation is 2. The topological polar surface area (TPSA) is 80.0 Å². The van der Waals surface area contributed by atoms with Crippen LogP contribution in [0.3, 0.4) is 0 Å². The first kappa shape index (κ1) is 26.2. The first-order valence-electron chi connectivity index (χ1n) is 13.5. The average Bonchev–Trinajstić information content (AvgIpc) is 3.41. The molecule has 3 saturated carbocycles. The molecule has 3 aliphatic rings. The van der Waals surface area contributed by atoms with Gasteiger partial charge in [0.15, 0.2) is 5.60 Å². The van der Waals surface area contributed by atoms with E-state index in [-0.39, 0.29) is 12.0 Å². The summed E-state index contributed by atoms with van der Waals surface area (Å²) in [6.07, 6.45) is -1.09. The van der Waals surface area contributed by atoms with E-state index in [4.69, 9.17) is 0 Å². The van der Waals surface area contributed by atoms with Crippen LogP contribution in [0.15, 0.2) is 18.2 Å². The maximum Gasteiger partial charge on any atom is 0.417 e. The summed E-state index contributed by atoms with van der Waals surface area (Å²) >= 11 is 0. The monoisotopic (exact) mass is 518 g/mol. The Morgan fingerprint density at radius 2 is 1.84 bits per heavy atom. The molecule has 0 aliphatic heterocycles. The molecule has 202 valence electrons. The number of halogens is 3. The van der Waals surface area contributed by atoms with Gasteiger partial charge in [-0.05, 0) is 82.3 Å². The molecule has 37 heavy (non-hydrogen) atoms. The third kappa shape index (κ3) is 5.03. The average molecular weight is 519 g/mol. The first-order chi connectivity index (χ1) is 17.4. The van der Waals surface area contributed by atoms with Crippen LogP contribution in [0.1, 0.15) is 99.4 Å². The second kappa shape index (κ2) is 9.40. The van der Waals surface area contributed by atoms with Crippen molar-refractivity contribution in [2.45, 2.75) is 102 Å². The molecule has 2 N–H and O–H groups in total. The Kier molecular flexibility index (Phi) is 6.66. The predicted octanol–water partition coefficient (Wildman–Crippen LogP) is 6.20. The number of amides is 1. The third-order valence-electron chi connectivity index (χ3n) is 8.50. The first-order valence-corrected chi connectivity index (χ1v) is 13.5. The van der Waals surface area contributed by atoms with Crippen LogP contribution in [-0.2, 0) is 4.79 Å². The number of benzene rings is 1. The van der Waals surface area contributed by atoms with Gasteiger partial charge in [0.2, 0.25) is 5.91 Å². The van der Waals surface area contributed by atoms with E-state index in [1.807, 2.05) is 30.5 Å². The van der Waals surface area contributed by atoms with Gasteiger partial charge in [0, 0.05) is 23.6 Å². The molecule has 3 fully saturated rings. The molecule has 3 atom stereocenters. The highest BCUT2D eigenvalue weighted by Gasteiger charge is 2.63. The minimum absolute atomic E-state index is 0.159. The van der Waals surface area contributed by atoms with Crippen molar-refractivity contribution in [1.29, 1.82) is 0 Å². The number of hydrogen-bond donors (Lipinski definition) is 2.